The van der Waals surface area contributed by atoms with Gasteiger partial charge in [-0.15, -0.1) is 0 Å². The molecule has 1 amide bonds. The average molecular weight is 412 g/mol. The normalized spacial score (nSPS) is 10.1. The van der Waals surface area contributed by atoms with E-state index >= 15 is 0 Å². The molecule has 0 spiro atoms. The van der Waals surface area contributed by atoms with Crippen molar-refractivity contribution in [2.24, 2.45) is 0 Å². The smallest absolute Gasteiger partial charge is 0.341 e. The Morgan fingerprint density at radius 2 is 1.69 bits per heavy atom. The first-order chi connectivity index (χ1) is 12.5. The Kier molecular flexibility index (Phi) is 7.28. The summed E-state index contributed by atoms with van der Waals surface area (Å²) in [7, 11) is 0. The molecular weight excluding hydrogens is 399 g/mol. The quantitative estimate of drug-likeness (QED) is 0.508. The van der Waals surface area contributed by atoms with Gasteiger partial charge >= 0.3 is 5.97 Å². The fourth-order valence-electron chi connectivity index (χ4n) is 2.16. The molecule has 0 atom stereocenters. The summed E-state index contributed by atoms with van der Waals surface area (Å²) in [6.45, 7) is -0.353. The first-order valence-electron chi connectivity index (χ1n) is 7.48. The predicted molar refractivity (Wildman–Crippen MR) is 101 cm³/mol. The maximum Gasteiger partial charge on any atom is 0.341 e. The van der Waals surface area contributed by atoms with Crippen LogP contribution in [0.1, 0.15) is 16.8 Å². The van der Waals surface area contributed by atoms with E-state index in [1.165, 1.54) is 17.0 Å². The maximum absolute atomic E-state index is 12.5. The van der Waals surface area contributed by atoms with Crippen LogP contribution in [-0.4, -0.2) is 25.0 Å². The van der Waals surface area contributed by atoms with Gasteiger partial charge in [0.15, 0.2) is 6.61 Å². The lowest BCUT2D eigenvalue weighted by Gasteiger charge is -2.21. The lowest BCUT2D eigenvalue weighted by molar-refractivity contribution is -0.121. The number of nitrogens with zero attached hydrogens (tertiary/aromatic N) is 2. The average Bonchev–Trinajstić information content (AvgIpc) is 2.64. The number of carbonyl (C=O) groups is 2. The van der Waals surface area contributed by atoms with Gasteiger partial charge in [-0.2, -0.15) is 5.26 Å². The number of amides is 1. The van der Waals surface area contributed by atoms with Crippen molar-refractivity contribution >= 4 is 52.4 Å². The van der Waals surface area contributed by atoms with Crippen LogP contribution in [0.15, 0.2) is 42.5 Å². The van der Waals surface area contributed by atoms with Crippen LogP contribution < -0.4 is 4.90 Å². The minimum atomic E-state index is -0.857. The lowest BCUT2D eigenvalue weighted by Crippen LogP contribution is -2.35. The number of benzene rings is 2. The van der Waals surface area contributed by atoms with Crippen molar-refractivity contribution in [3.05, 3.63) is 63.1 Å². The molecule has 0 unspecified atom stereocenters. The molecule has 0 aliphatic carbocycles. The maximum atomic E-state index is 12.5. The van der Waals surface area contributed by atoms with E-state index in [0.717, 1.165) is 0 Å². The van der Waals surface area contributed by atoms with Gasteiger partial charge < -0.3 is 9.64 Å². The van der Waals surface area contributed by atoms with E-state index in [9.17, 15) is 9.59 Å². The van der Waals surface area contributed by atoms with Gasteiger partial charge in [0.2, 0.25) is 0 Å². The van der Waals surface area contributed by atoms with Gasteiger partial charge in [0, 0.05) is 12.2 Å². The zero-order chi connectivity index (χ0) is 19.1. The summed E-state index contributed by atoms with van der Waals surface area (Å²) in [4.78, 5) is 26.1. The van der Waals surface area contributed by atoms with Gasteiger partial charge in [0.25, 0.3) is 5.91 Å². The first-order valence-corrected chi connectivity index (χ1v) is 8.62. The fourth-order valence-corrected chi connectivity index (χ4v) is 2.84. The van der Waals surface area contributed by atoms with Crippen LogP contribution in [0.4, 0.5) is 5.69 Å². The molecular formula is C18H13Cl3N2O3. The summed E-state index contributed by atoms with van der Waals surface area (Å²) in [5.74, 6) is -1.33. The minimum absolute atomic E-state index is 0.0407. The molecule has 2 aromatic carbocycles. The van der Waals surface area contributed by atoms with Crippen LogP contribution in [0, 0.1) is 11.3 Å². The molecule has 0 fully saturated rings. The monoisotopic (exact) mass is 410 g/mol. The van der Waals surface area contributed by atoms with E-state index in [1.807, 2.05) is 6.07 Å². The van der Waals surface area contributed by atoms with Gasteiger partial charge in [0.05, 0.1) is 33.1 Å². The van der Waals surface area contributed by atoms with Crippen molar-refractivity contribution in [2.75, 3.05) is 18.1 Å². The van der Waals surface area contributed by atoms with E-state index < -0.39 is 18.5 Å². The molecule has 0 saturated carbocycles. The number of rotatable bonds is 6. The molecule has 0 aromatic heterocycles. The number of carbonyl (C=O) groups excluding carboxylic acids is 2. The number of esters is 1. The zero-order valence-corrected chi connectivity index (χ0v) is 15.7. The van der Waals surface area contributed by atoms with Crippen LogP contribution in [0.5, 0.6) is 0 Å². The van der Waals surface area contributed by atoms with Gasteiger partial charge in [-0.3, -0.25) is 4.79 Å². The van der Waals surface area contributed by atoms with Gasteiger partial charge in [-0.05, 0) is 24.3 Å². The summed E-state index contributed by atoms with van der Waals surface area (Å²) in [5.41, 5.74) is 0.500. The van der Waals surface area contributed by atoms with E-state index in [4.69, 9.17) is 44.8 Å². The number of anilines is 1. The third-order valence-electron chi connectivity index (χ3n) is 3.39. The molecule has 0 aliphatic heterocycles. The second-order valence-electron chi connectivity index (χ2n) is 5.08. The molecule has 134 valence electrons. The highest BCUT2D eigenvalue weighted by Crippen LogP contribution is 2.31. The number of hydrogen-bond donors (Lipinski definition) is 0. The Hall–Kier alpha value is -2.26. The standard InChI is InChI=1S/C18H13Cl3N2O3/c19-13-7-8-14(20)17(21)16(13)18(25)26-11-15(24)23(10-4-9-22)12-5-2-1-3-6-12/h1-3,5-8H,4,10-11H2. The van der Waals surface area contributed by atoms with Crippen LogP contribution >= 0.6 is 34.8 Å². The van der Waals surface area contributed by atoms with Crippen LogP contribution in [0.3, 0.4) is 0 Å². The molecule has 2 rings (SSSR count). The number of ether oxygens (including phenoxy) is 1. The Balaban J connectivity index is 2.12. The molecule has 0 heterocycles. The van der Waals surface area contributed by atoms with Crippen LogP contribution in [0.2, 0.25) is 15.1 Å². The largest absolute Gasteiger partial charge is 0.452 e. The molecule has 26 heavy (non-hydrogen) atoms. The number of halogens is 3. The molecule has 0 N–H and O–H groups in total. The van der Waals surface area contributed by atoms with Crippen molar-refractivity contribution in [3.63, 3.8) is 0 Å². The van der Waals surface area contributed by atoms with Gasteiger partial charge in [-0.25, -0.2) is 4.79 Å². The van der Waals surface area contributed by atoms with E-state index in [1.54, 1.807) is 30.3 Å². The Morgan fingerprint density at radius 1 is 1.04 bits per heavy atom. The van der Waals surface area contributed by atoms with Gasteiger partial charge in [0.1, 0.15) is 0 Å². The minimum Gasteiger partial charge on any atom is -0.452 e. The van der Waals surface area contributed by atoms with Crippen LogP contribution in [0.25, 0.3) is 0 Å². The molecule has 8 heteroatoms. The summed E-state index contributed by atoms with van der Waals surface area (Å²) in [6, 6.07) is 13.6. The van der Waals surface area contributed by atoms with Gasteiger partial charge in [-0.1, -0.05) is 53.0 Å². The molecule has 2 aromatic rings. The highest BCUT2D eigenvalue weighted by atomic mass is 35.5. The number of para-hydroxylation sites is 1. The molecule has 0 radical (unpaired) electrons. The topological polar surface area (TPSA) is 70.4 Å². The molecule has 0 bridgehead atoms. The highest BCUT2D eigenvalue weighted by molar-refractivity contribution is 6.46. The molecule has 5 nitrogen and oxygen atoms in total. The second-order valence-corrected chi connectivity index (χ2v) is 6.28. The Morgan fingerprint density at radius 3 is 2.35 bits per heavy atom. The highest BCUT2D eigenvalue weighted by Gasteiger charge is 2.22. The van der Waals surface area contributed by atoms with Crippen molar-refractivity contribution in [2.45, 2.75) is 6.42 Å². The lowest BCUT2D eigenvalue weighted by atomic mass is 10.2. The summed E-state index contributed by atoms with van der Waals surface area (Å²) in [6.07, 6.45) is 0.139. The SMILES string of the molecule is N#CCCN(C(=O)COC(=O)c1c(Cl)ccc(Cl)c1Cl)c1ccccc1. The number of hydrogen-bond acceptors (Lipinski definition) is 4. The second kappa shape index (κ2) is 9.44. The van der Waals surface area contributed by atoms with Crippen LogP contribution in [-0.2, 0) is 9.53 Å². The third kappa shape index (κ3) is 4.89. The summed E-state index contributed by atoms with van der Waals surface area (Å²) >= 11 is 17.8. The summed E-state index contributed by atoms with van der Waals surface area (Å²) in [5, 5.41) is 8.96. The Labute approximate surface area is 165 Å². The van der Waals surface area contributed by atoms with E-state index in [0.29, 0.717) is 5.69 Å². The van der Waals surface area contributed by atoms with Crippen molar-refractivity contribution in [1.29, 1.82) is 5.26 Å². The fraction of sp³-hybridized carbons (Fsp3) is 0.167. The first kappa shape index (κ1) is 20.1. The van der Waals surface area contributed by atoms with E-state index in [2.05, 4.69) is 0 Å². The zero-order valence-electron chi connectivity index (χ0n) is 13.4. The molecule has 0 aliphatic rings. The summed E-state index contributed by atoms with van der Waals surface area (Å²) < 4.78 is 5.05. The van der Waals surface area contributed by atoms with E-state index in [-0.39, 0.29) is 33.6 Å². The van der Waals surface area contributed by atoms with Crippen molar-refractivity contribution in [1.82, 2.24) is 0 Å². The molecule has 0 saturated heterocycles. The number of nitriles is 1. The predicted octanol–water partition coefficient (Wildman–Crippen LogP) is 4.75. The third-order valence-corrected chi connectivity index (χ3v) is 4.51. The van der Waals surface area contributed by atoms with Crippen molar-refractivity contribution in [3.8, 4) is 6.07 Å². The van der Waals surface area contributed by atoms with Crippen molar-refractivity contribution < 1.29 is 14.3 Å². The Bertz CT molecular complexity index is 851.